The molecule has 168 valence electrons. The highest BCUT2D eigenvalue weighted by Gasteiger charge is 2.33. The van der Waals surface area contributed by atoms with E-state index in [2.05, 4.69) is 5.10 Å². The number of halogens is 2. The molecule has 2 aromatic carbocycles. The highest BCUT2D eigenvalue weighted by atomic mass is 19.3. The SMILES string of the molecule is COC(=O)c1c(-c2cccc(OC)c2OCC(F)F)nn(-c2ccccc2)c1C(=O)OC. The zero-order valence-electron chi connectivity index (χ0n) is 17.5. The molecule has 32 heavy (non-hydrogen) atoms. The Morgan fingerprint density at radius 2 is 1.66 bits per heavy atom. The number of hydrogen-bond acceptors (Lipinski definition) is 7. The Labute approximate surface area is 182 Å². The number of para-hydroxylation sites is 2. The Morgan fingerprint density at radius 1 is 0.969 bits per heavy atom. The molecule has 0 atom stereocenters. The third kappa shape index (κ3) is 4.39. The van der Waals surface area contributed by atoms with E-state index in [1.54, 1.807) is 36.4 Å². The number of nitrogens with zero attached hydrogens (tertiary/aromatic N) is 2. The molecule has 0 amide bonds. The molecule has 0 N–H and O–H groups in total. The van der Waals surface area contributed by atoms with Crippen molar-refractivity contribution in [1.29, 1.82) is 0 Å². The smallest absolute Gasteiger partial charge is 0.357 e. The van der Waals surface area contributed by atoms with Crippen molar-refractivity contribution in [3.8, 4) is 28.4 Å². The molecule has 0 unspecified atom stereocenters. The first-order valence-electron chi connectivity index (χ1n) is 9.36. The quantitative estimate of drug-likeness (QED) is 0.487. The molecule has 0 aliphatic rings. The molecule has 0 spiro atoms. The summed E-state index contributed by atoms with van der Waals surface area (Å²) in [6.07, 6.45) is -2.75. The van der Waals surface area contributed by atoms with Crippen molar-refractivity contribution in [3.63, 3.8) is 0 Å². The van der Waals surface area contributed by atoms with Crippen LogP contribution in [-0.4, -0.2) is 56.1 Å². The van der Waals surface area contributed by atoms with Gasteiger partial charge in [-0.3, -0.25) is 0 Å². The molecule has 0 aliphatic carbocycles. The van der Waals surface area contributed by atoms with Crippen molar-refractivity contribution in [2.24, 2.45) is 0 Å². The molecule has 3 aromatic rings. The van der Waals surface area contributed by atoms with Crippen molar-refractivity contribution in [1.82, 2.24) is 9.78 Å². The van der Waals surface area contributed by atoms with E-state index in [1.165, 1.54) is 23.9 Å². The fourth-order valence-corrected chi connectivity index (χ4v) is 3.10. The summed E-state index contributed by atoms with van der Waals surface area (Å²) in [7, 11) is 3.65. The fourth-order valence-electron chi connectivity index (χ4n) is 3.10. The first-order chi connectivity index (χ1) is 15.4. The van der Waals surface area contributed by atoms with Crippen LogP contribution in [-0.2, 0) is 9.47 Å². The number of ether oxygens (including phenoxy) is 4. The van der Waals surface area contributed by atoms with Gasteiger partial charge in [0.1, 0.15) is 17.9 Å². The monoisotopic (exact) mass is 446 g/mol. The van der Waals surface area contributed by atoms with E-state index in [0.29, 0.717) is 5.69 Å². The number of aromatic nitrogens is 2. The lowest BCUT2D eigenvalue weighted by Gasteiger charge is -2.14. The van der Waals surface area contributed by atoms with Gasteiger partial charge in [-0.25, -0.2) is 23.1 Å². The molecule has 3 rings (SSSR count). The Bertz CT molecular complexity index is 1120. The van der Waals surface area contributed by atoms with Gasteiger partial charge in [0.2, 0.25) is 0 Å². The highest BCUT2D eigenvalue weighted by molar-refractivity contribution is 6.07. The number of carbonyl (C=O) groups excluding carboxylic acids is 2. The maximum absolute atomic E-state index is 12.9. The topological polar surface area (TPSA) is 88.9 Å². The van der Waals surface area contributed by atoms with Crippen molar-refractivity contribution in [2.45, 2.75) is 6.43 Å². The number of hydrogen-bond donors (Lipinski definition) is 0. The summed E-state index contributed by atoms with van der Waals surface area (Å²) in [4.78, 5) is 25.4. The van der Waals surface area contributed by atoms with Crippen molar-refractivity contribution in [2.75, 3.05) is 27.9 Å². The van der Waals surface area contributed by atoms with Crippen LogP contribution in [0.2, 0.25) is 0 Å². The van der Waals surface area contributed by atoms with Crippen LogP contribution in [0, 0.1) is 0 Å². The maximum Gasteiger partial charge on any atom is 0.357 e. The van der Waals surface area contributed by atoms with E-state index in [-0.39, 0.29) is 34.0 Å². The summed E-state index contributed by atoms with van der Waals surface area (Å²) >= 11 is 0. The van der Waals surface area contributed by atoms with Gasteiger partial charge < -0.3 is 18.9 Å². The van der Waals surface area contributed by atoms with Crippen LogP contribution in [0.1, 0.15) is 20.8 Å². The van der Waals surface area contributed by atoms with Crippen LogP contribution in [0.15, 0.2) is 48.5 Å². The standard InChI is InChI=1S/C22H20F2N2O6/c1-29-15-11-7-10-14(20(15)32-12-16(23)24)18-17(21(27)30-2)19(22(28)31-3)26(25-18)13-8-5-4-6-9-13/h4-11,16H,12H2,1-3H3. The van der Waals surface area contributed by atoms with Crippen LogP contribution in [0.25, 0.3) is 16.9 Å². The molecular formula is C22H20F2N2O6. The van der Waals surface area contributed by atoms with E-state index < -0.39 is 25.0 Å². The fraction of sp³-hybridized carbons (Fsp3) is 0.227. The summed E-state index contributed by atoms with van der Waals surface area (Å²) in [6, 6.07) is 13.1. The summed E-state index contributed by atoms with van der Waals surface area (Å²) in [5.74, 6) is -1.63. The molecular weight excluding hydrogens is 426 g/mol. The molecule has 0 fully saturated rings. The minimum absolute atomic E-state index is 0.0238. The number of esters is 2. The zero-order chi connectivity index (χ0) is 23.3. The van der Waals surface area contributed by atoms with Crippen LogP contribution in [0.4, 0.5) is 8.78 Å². The van der Waals surface area contributed by atoms with Gasteiger partial charge in [0.25, 0.3) is 6.43 Å². The largest absolute Gasteiger partial charge is 0.493 e. The second-order valence-electron chi connectivity index (χ2n) is 6.34. The van der Waals surface area contributed by atoms with Crippen LogP contribution in [0.5, 0.6) is 11.5 Å². The van der Waals surface area contributed by atoms with Crippen molar-refractivity contribution < 1.29 is 37.3 Å². The molecule has 0 bridgehead atoms. The second-order valence-corrected chi connectivity index (χ2v) is 6.34. The average molecular weight is 446 g/mol. The van der Waals surface area contributed by atoms with Gasteiger partial charge in [-0.05, 0) is 24.3 Å². The molecule has 0 saturated heterocycles. The molecule has 1 heterocycles. The third-order valence-corrected chi connectivity index (χ3v) is 4.46. The molecule has 8 nitrogen and oxygen atoms in total. The number of carbonyl (C=O) groups is 2. The van der Waals surface area contributed by atoms with Crippen LogP contribution in [0.3, 0.4) is 0 Å². The molecule has 0 aliphatic heterocycles. The van der Waals surface area contributed by atoms with E-state index in [4.69, 9.17) is 18.9 Å². The summed E-state index contributed by atoms with van der Waals surface area (Å²) < 4.78 is 47.3. The lowest BCUT2D eigenvalue weighted by atomic mass is 10.0. The average Bonchev–Trinajstić information content (AvgIpc) is 3.22. The van der Waals surface area contributed by atoms with E-state index in [0.717, 1.165) is 14.2 Å². The van der Waals surface area contributed by atoms with Gasteiger partial charge in [-0.15, -0.1) is 0 Å². The number of methoxy groups -OCH3 is 3. The first kappa shape index (κ1) is 22.7. The number of rotatable bonds is 8. The third-order valence-electron chi connectivity index (χ3n) is 4.46. The normalized spacial score (nSPS) is 10.7. The minimum Gasteiger partial charge on any atom is -0.493 e. The summed E-state index contributed by atoms with van der Waals surface area (Å²) in [5.41, 5.74) is 0.193. The minimum atomic E-state index is -2.75. The van der Waals surface area contributed by atoms with Crippen molar-refractivity contribution in [3.05, 3.63) is 59.8 Å². The van der Waals surface area contributed by atoms with Gasteiger partial charge in [-0.2, -0.15) is 5.10 Å². The van der Waals surface area contributed by atoms with Crippen LogP contribution < -0.4 is 9.47 Å². The maximum atomic E-state index is 12.9. The lowest BCUT2D eigenvalue weighted by molar-refractivity contribution is 0.0549. The second kappa shape index (κ2) is 9.90. The zero-order valence-corrected chi connectivity index (χ0v) is 17.5. The Balaban J connectivity index is 2.36. The van der Waals surface area contributed by atoms with Gasteiger partial charge in [0, 0.05) is 5.56 Å². The number of benzene rings is 2. The van der Waals surface area contributed by atoms with Gasteiger partial charge in [0.05, 0.1) is 27.0 Å². The summed E-state index contributed by atoms with van der Waals surface area (Å²) in [6.45, 7) is -0.913. The summed E-state index contributed by atoms with van der Waals surface area (Å²) in [5, 5.41) is 4.44. The van der Waals surface area contributed by atoms with Gasteiger partial charge >= 0.3 is 11.9 Å². The van der Waals surface area contributed by atoms with E-state index >= 15 is 0 Å². The predicted molar refractivity (Wildman–Crippen MR) is 110 cm³/mol. The lowest BCUT2D eigenvalue weighted by Crippen LogP contribution is -2.15. The Kier molecular flexibility index (Phi) is 7.04. The Hall–Kier alpha value is -3.95. The van der Waals surface area contributed by atoms with E-state index in [9.17, 15) is 18.4 Å². The Morgan fingerprint density at radius 3 is 2.25 bits per heavy atom. The molecule has 1 aromatic heterocycles. The predicted octanol–water partition coefficient (Wildman–Crippen LogP) is 3.77. The highest BCUT2D eigenvalue weighted by Crippen LogP contribution is 2.40. The van der Waals surface area contributed by atoms with Gasteiger partial charge in [-0.1, -0.05) is 24.3 Å². The molecule has 0 radical (unpaired) electrons. The first-order valence-corrected chi connectivity index (χ1v) is 9.36. The number of alkyl halides is 2. The van der Waals surface area contributed by atoms with E-state index in [1.807, 2.05) is 0 Å². The van der Waals surface area contributed by atoms with Crippen LogP contribution >= 0.6 is 0 Å². The molecule has 0 saturated carbocycles. The van der Waals surface area contributed by atoms with Gasteiger partial charge in [0.15, 0.2) is 17.2 Å². The van der Waals surface area contributed by atoms with Crippen molar-refractivity contribution >= 4 is 11.9 Å². The molecule has 10 heteroatoms.